The van der Waals surface area contributed by atoms with Crippen LogP contribution in [0.4, 0.5) is 0 Å². The third-order valence-corrected chi connectivity index (χ3v) is 3.56. The number of thioether (sulfide) groups is 1. The van der Waals surface area contributed by atoms with Crippen molar-refractivity contribution in [1.29, 1.82) is 5.26 Å². The van der Waals surface area contributed by atoms with Crippen molar-refractivity contribution in [3.63, 3.8) is 0 Å². The molecule has 0 saturated carbocycles. The van der Waals surface area contributed by atoms with E-state index in [9.17, 15) is 4.79 Å². The fourth-order valence-electron chi connectivity index (χ4n) is 1.75. The summed E-state index contributed by atoms with van der Waals surface area (Å²) < 4.78 is 0. The van der Waals surface area contributed by atoms with Crippen molar-refractivity contribution in [2.45, 2.75) is 19.0 Å². The summed E-state index contributed by atoms with van der Waals surface area (Å²) in [7, 11) is 0. The van der Waals surface area contributed by atoms with Gasteiger partial charge in [-0.1, -0.05) is 23.9 Å². The van der Waals surface area contributed by atoms with Gasteiger partial charge >= 0.3 is 0 Å². The summed E-state index contributed by atoms with van der Waals surface area (Å²) in [5.74, 6) is 0. The molecular formula is C14H13N3OS. The normalized spacial score (nSPS) is 10.2. The van der Waals surface area contributed by atoms with Gasteiger partial charge in [-0.25, -0.2) is 4.98 Å². The lowest BCUT2D eigenvalue weighted by Crippen LogP contribution is -2.14. The van der Waals surface area contributed by atoms with Gasteiger partial charge in [-0.3, -0.25) is 4.79 Å². The molecule has 0 unspecified atom stereocenters. The SMILES string of the molecule is CSc1nc(-c2ccc(C)c(C)c2)c(C#N)c(=O)[nH]1. The Bertz CT molecular complexity index is 728. The molecule has 5 heteroatoms. The third-order valence-electron chi connectivity index (χ3n) is 2.98. The number of H-pyrrole nitrogens is 1. The lowest BCUT2D eigenvalue weighted by Gasteiger charge is -2.07. The van der Waals surface area contributed by atoms with E-state index in [1.807, 2.05) is 44.4 Å². The van der Waals surface area contributed by atoms with Gasteiger partial charge in [-0.2, -0.15) is 5.26 Å². The van der Waals surface area contributed by atoms with Crippen molar-refractivity contribution in [3.05, 3.63) is 45.2 Å². The van der Waals surface area contributed by atoms with E-state index in [4.69, 9.17) is 5.26 Å². The van der Waals surface area contributed by atoms with Crippen molar-refractivity contribution in [2.24, 2.45) is 0 Å². The molecule has 19 heavy (non-hydrogen) atoms. The third kappa shape index (κ3) is 2.54. The predicted octanol–water partition coefficient (Wildman–Crippen LogP) is 2.65. The molecule has 0 aliphatic heterocycles. The molecule has 2 rings (SSSR count). The Morgan fingerprint density at radius 1 is 1.32 bits per heavy atom. The van der Waals surface area contributed by atoms with Crippen LogP contribution in [0, 0.1) is 25.2 Å². The number of aromatic nitrogens is 2. The van der Waals surface area contributed by atoms with Crippen LogP contribution in [0.3, 0.4) is 0 Å². The van der Waals surface area contributed by atoms with E-state index in [2.05, 4.69) is 9.97 Å². The molecule has 1 heterocycles. The fraction of sp³-hybridized carbons (Fsp3) is 0.214. The zero-order valence-corrected chi connectivity index (χ0v) is 11.8. The Hall–Kier alpha value is -2.06. The Labute approximate surface area is 115 Å². The Morgan fingerprint density at radius 3 is 2.63 bits per heavy atom. The number of aromatic amines is 1. The van der Waals surface area contributed by atoms with Gasteiger partial charge < -0.3 is 4.98 Å². The molecule has 0 aliphatic rings. The summed E-state index contributed by atoms with van der Waals surface area (Å²) in [6.07, 6.45) is 1.83. The molecule has 0 aliphatic carbocycles. The molecular weight excluding hydrogens is 258 g/mol. The van der Waals surface area contributed by atoms with Gasteiger partial charge in [-0.05, 0) is 37.3 Å². The zero-order chi connectivity index (χ0) is 14.0. The monoisotopic (exact) mass is 271 g/mol. The summed E-state index contributed by atoms with van der Waals surface area (Å²) in [5.41, 5.74) is 3.17. The molecule has 0 radical (unpaired) electrons. The molecule has 0 spiro atoms. The number of nitriles is 1. The highest BCUT2D eigenvalue weighted by molar-refractivity contribution is 7.98. The highest BCUT2D eigenvalue weighted by Gasteiger charge is 2.13. The first-order chi connectivity index (χ1) is 9.06. The van der Waals surface area contributed by atoms with E-state index in [-0.39, 0.29) is 5.56 Å². The molecule has 1 aromatic carbocycles. The van der Waals surface area contributed by atoms with Gasteiger partial charge in [0.25, 0.3) is 5.56 Å². The van der Waals surface area contributed by atoms with Gasteiger partial charge in [0.2, 0.25) is 0 Å². The average molecular weight is 271 g/mol. The minimum atomic E-state index is -0.393. The van der Waals surface area contributed by atoms with Crippen molar-refractivity contribution >= 4 is 11.8 Å². The van der Waals surface area contributed by atoms with Crippen molar-refractivity contribution in [2.75, 3.05) is 6.26 Å². The van der Waals surface area contributed by atoms with Crippen LogP contribution in [-0.4, -0.2) is 16.2 Å². The van der Waals surface area contributed by atoms with E-state index >= 15 is 0 Å². The molecule has 0 fully saturated rings. The molecule has 0 amide bonds. The topological polar surface area (TPSA) is 69.5 Å². The highest BCUT2D eigenvalue weighted by atomic mass is 32.2. The van der Waals surface area contributed by atoms with Crippen molar-refractivity contribution in [1.82, 2.24) is 9.97 Å². The van der Waals surface area contributed by atoms with Crippen LogP contribution in [0.5, 0.6) is 0 Å². The van der Waals surface area contributed by atoms with E-state index in [0.29, 0.717) is 10.9 Å². The van der Waals surface area contributed by atoms with Gasteiger partial charge in [0, 0.05) is 5.56 Å². The summed E-state index contributed by atoms with van der Waals surface area (Å²) in [6.45, 7) is 4.01. The molecule has 1 aromatic heterocycles. The first-order valence-corrected chi connectivity index (χ1v) is 6.95. The molecule has 0 bridgehead atoms. The molecule has 0 saturated heterocycles. The highest BCUT2D eigenvalue weighted by Crippen LogP contribution is 2.23. The maximum Gasteiger partial charge on any atom is 0.270 e. The molecule has 1 N–H and O–H groups in total. The first kappa shape index (κ1) is 13.4. The summed E-state index contributed by atoms with van der Waals surface area (Å²) in [6, 6.07) is 7.73. The lowest BCUT2D eigenvalue weighted by molar-refractivity contribution is 0.937. The van der Waals surface area contributed by atoms with Crippen LogP contribution in [0.1, 0.15) is 16.7 Å². The zero-order valence-electron chi connectivity index (χ0n) is 10.9. The van der Waals surface area contributed by atoms with Crippen molar-refractivity contribution in [3.8, 4) is 17.3 Å². The molecule has 2 aromatic rings. The Kier molecular flexibility index (Phi) is 3.72. The Morgan fingerprint density at radius 2 is 2.05 bits per heavy atom. The van der Waals surface area contributed by atoms with Crippen LogP contribution in [-0.2, 0) is 0 Å². The van der Waals surface area contributed by atoms with Gasteiger partial charge in [0.15, 0.2) is 5.16 Å². The number of nitrogens with one attached hydrogen (secondary N) is 1. The van der Waals surface area contributed by atoms with Gasteiger partial charge in [0.1, 0.15) is 11.6 Å². The van der Waals surface area contributed by atoms with Crippen LogP contribution in [0.15, 0.2) is 28.2 Å². The minimum absolute atomic E-state index is 0.0565. The number of nitrogens with zero attached hydrogens (tertiary/aromatic N) is 2. The van der Waals surface area contributed by atoms with Gasteiger partial charge in [0.05, 0.1) is 5.69 Å². The van der Waals surface area contributed by atoms with E-state index in [0.717, 1.165) is 16.7 Å². The quantitative estimate of drug-likeness (QED) is 0.673. The first-order valence-electron chi connectivity index (χ1n) is 5.73. The number of rotatable bonds is 2. The van der Waals surface area contributed by atoms with Crippen molar-refractivity contribution < 1.29 is 0 Å². The maximum atomic E-state index is 11.8. The molecule has 4 nitrogen and oxygen atoms in total. The lowest BCUT2D eigenvalue weighted by atomic mass is 10.0. The molecule has 96 valence electrons. The van der Waals surface area contributed by atoms with Gasteiger partial charge in [-0.15, -0.1) is 0 Å². The fourth-order valence-corrected chi connectivity index (χ4v) is 2.13. The van der Waals surface area contributed by atoms with E-state index in [1.165, 1.54) is 11.8 Å². The largest absolute Gasteiger partial charge is 0.300 e. The Balaban J connectivity index is 2.73. The smallest absolute Gasteiger partial charge is 0.270 e. The van der Waals surface area contributed by atoms with Crippen LogP contribution in [0.2, 0.25) is 0 Å². The second-order valence-corrected chi connectivity index (χ2v) is 5.00. The van der Waals surface area contributed by atoms with E-state index in [1.54, 1.807) is 0 Å². The summed E-state index contributed by atoms with van der Waals surface area (Å²) >= 11 is 1.34. The molecule has 0 atom stereocenters. The number of hydrogen-bond acceptors (Lipinski definition) is 4. The average Bonchev–Trinajstić information content (AvgIpc) is 2.41. The number of hydrogen-bond donors (Lipinski definition) is 1. The minimum Gasteiger partial charge on any atom is -0.300 e. The number of aryl methyl sites for hydroxylation is 2. The number of benzene rings is 1. The predicted molar refractivity (Wildman–Crippen MR) is 76.3 cm³/mol. The second kappa shape index (κ2) is 5.29. The summed E-state index contributed by atoms with van der Waals surface area (Å²) in [4.78, 5) is 18.8. The van der Waals surface area contributed by atoms with Crippen LogP contribution < -0.4 is 5.56 Å². The summed E-state index contributed by atoms with van der Waals surface area (Å²) in [5, 5.41) is 9.64. The maximum absolute atomic E-state index is 11.8. The van der Waals surface area contributed by atoms with Crippen LogP contribution in [0.25, 0.3) is 11.3 Å². The standard InChI is InChI=1S/C14H13N3OS/c1-8-4-5-10(6-9(8)2)12-11(7-15)13(18)17-14(16-12)19-3/h4-6H,1-3H3,(H,16,17,18). The second-order valence-electron chi connectivity index (χ2n) is 4.21. The van der Waals surface area contributed by atoms with Crippen LogP contribution >= 0.6 is 11.8 Å². The van der Waals surface area contributed by atoms with E-state index < -0.39 is 5.56 Å².